The molecular weight excluding hydrogens is 254 g/mol. The third-order valence-electron chi connectivity index (χ3n) is 4.56. The van der Waals surface area contributed by atoms with Crippen LogP contribution >= 0.6 is 11.3 Å². The van der Waals surface area contributed by atoms with Crippen molar-refractivity contribution < 1.29 is 0 Å². The van der Waals surface area contributed by atoms with Gasteiger partial charge in [0.2, 0.25) is 0 Å². The van der Waals surface area contributed by atoms with E-state index in [0.29, 0.717) is 0 Å². The third-order valence-corrected chi connectivity index (χ3v) is 5.44. The molecule has 0 atom stereocenters. The summed E-state index contributed by atoms with van der Waals surface area (Å²) in [5.74, 6) is 0. The van der Waals surface area contributed by atoms with Gasteiger partial charge >= 0.3 is 0 Å². The maximum atomic E-state index is 4.57. The molecule has 4 rings (SSSR count). The topological polar surface area (TPSA) is 31.9 Å². The fraction of sp³-hybridized carbons (Fsp3) is 0.533. The first kappa shape index (κ1) is 11.7. The van der Waals surface area contributed by atoms with Gasteiger partial charge in [-0.05, 0) is 24.3 Å². The molecule has 1 fully saturated rings. The molecule has 1 saturated carbocycles. The SMILES string of the molecule is c1csc(Cc2n[nH]c3c2CN(C2CCC2)CC3)c1. The Morgan fingerprint density at radius 1 is 1.42 bits per heavy atom. The Kier molecular flexibility index (Phi) is 2.93. The van der Waals surface area contributed by atoms with Crippen molar-refractivity contribution in [1.82, 2.24) is 15.1 Å². The lowest BCUT2D eigenvalue weighted by atomic mass is 9.89. The summed E-state index contributed by atoms with van der Waals surface area (Å²) < 4.78 is 0. The number of rotatable bonds is 3. The zero-order valence-electron chi connectivity index (χ0n) is 11.1. The number of fused-ring (bicyclic) bond motifs is 1. The molecule has 0 aromatic carbocycles. The predicted molar refractivity (Wildman–Crippen MR) is 77.5 cm³/mol. The average molecular weight is 273 g/mol. The van der Waals surface area contributed by atoms with E-state index in [1.54, 1.807) is 0 Å². The van der Waals surface area contributed by atoms with Gasteiger partial charge in [-0.2, -0.15) is 5.10 Å². The fourth-order valence-electron chi connectivity index (χ4n) is 3.16. The number of H-pyrrole nitrogens is 1. The van der Waals surface area contributed by atoms with Crippen molar-refractivity contribution in [3.8, 4) is 0 Å². The number of aromatic amines is 1. The Bertz CT molecular complexity index is 554. The van der Waals surface area contributed by atoms with E-state index in [-0.39, 0.29) is 0 Å². The first-order valence-electron chi connectivity index (χ1n) is 7.21. The molecule has 1 aliphatic carbocycles. The van der Waals surface area contributed by atoms with Gasteiger partial charge in [0, 0.05) is 48.1 Å². The van der Waals surface area contributed by atoms with Crippen LogP contribution in [0.1, 0.15) is 41.1 Å². The van der Waals surface area contributed by atoms with Crippen LogP contribution in [0, 0.1) is 0 Å². The zero-order chi connectivity index (χ0) is 12.7. The minimum atomic E-state index is 0.845. The van der Waals surface area contributed by atoms with E-state index >= 15 is 0 Å². The molecule has 0 spiro atoms. The lowest BCUT2D eigenvalue weighted by molar-refractivity contribution is 0.113. The number of nitrogens with zero attached hydrogens (tertiary/aromatic N) is 2. The van der Waals surface area contributed by atoms with Crippen molar-refractivity contribution in [2.45, 2.75) is 44.7 Å². The van der Waals surface area contributed by atoms with Gasteiger partial charge in [-0.1, -0.05) is 12.5 Å². The monoisotopic (exact) mass is 273 g/mol. The third kappa shape index (κ3) is 2.13. The molecule has 19 heavy (non-hydrogen) atoms. The van der Waals surface area contributed by atoms with E-state index in [1.807, 2.05) is 11.3 Å². The quantitative estimate of drug-likeness (QED) is 0.932. The van der Waals surface area contributed by atoms with Crippen LogP contribution in [0.25, 0.3) is 0 Å². The second-order valence-corrected chi connectivity index (χ2v) is 6.72. The number of thiophene rings is 1. The molecule has 1 N–H and O–H groups in total. The smallest absolute Gasteiger partial charge is 0.0722 e. The summed E-state index contributed by atoms with van der Waals surface area (Å²) in [6.45, 7) is 2.31. The van der Waals surface area contributed by atoms with Gasteiger partial charge in [-0.15, -0.1) is 11.3 Å². The molecule has 2 aromatic heterocycles. The lowest BCUT2D eigenvalue weighted by Crippen LogP contribution is -2.43. The van der Waals surface area contributed by atoms with Crippen LogP contribution in [0.5, 0.6) is 0 Å². The predicted octanol–water partition coefficient (Wildman–Crippen LogP) is 2.97. The minimum absolute atomic E-state index is 0.845. The Labute approximate surface area is 117 Å². The Balaban J connectivity index is 1.56. The molecule has 100 valence electrons. The number of nitrogens with one attached hydrogen (secondary N) is 1. The highest BCUT2D eigenvalue weighted by atomic mass is 32.1. The normalized spacial score (nSPS) is 20.2. The lowest BCUT2D eigenvalue weighted by Gasteiger charge is -2.39. The van der Waals surface area contributed by atoms with Crippen LogP contribution in [-0.2, 0) is 19.4 Å². The highest BCUT2D eigenvalue weighted by Crippen LogP contribution is 2.31. The fourth-order valence-corrected chi connectivity index (χ4v) is 3.87. The van der Waals surface area contributed by atoms with Crippen LogP contribution < -0.4 is 0 Å². The summed E-state index contributed by atoms with van der Waals surface area (Å²) in [4.78, 5) is 4.08. The molecule has 0 radical (unpaired) electrons. The van der Waals surface area contributed by atoms with Crippen molar-refractivity contribution in [3.05, 3.63) is 39.3 Å². The number of hydrogen-bond acceptors (Lipinski definition) is 3. The first-order chi connectivity index (χ1) is 9.40. The Morgan fingerprint density at radius 3 is 3.11 bits per heavy atom. The van der Waals surface area contributed by atoms with Crippen LogP contribution in [-0.4, -0.2) is 27.7 Å². The molecule has 0 saturated heterocycles. The zero-order valence-corrected chi connectivity index (χ0v) is 11.9. The maximum absolute atomic E-state index is 4.57. The second kappa shape index (κ2) is 4.76. The minimum Gasteiger partial charge on any atom is -0.296 e. The molecule has 0 bridgehead atoms. The first-order valence-corrected chi connectivity index (χ1v) is 8.09. The second-order valence-electron chi connectivity index (χ2n) is 5.69. The average Bonchev–Trinajstić information content (AvgIpc) is 2.98. The molecule has 2 aromatic rings. The summed E-state index contributed by atoms with van der Waals surface area (Å²) in [5, 5.41) is 9.98. The van der Waals surface area contributed by atoms with E-state index < -0.39 is 0 Å². The molecular formula is C15H19N3S. The van der Waals surface area contributed by atoms with E-state index in [0.717, 1.165) is 25.4 Å². The van der Waals surface area contributed by atoms with Gasteiger partial charge in [0.05, 0.1) is 5.69 Å². The molecule has 1 aliphatic heterocycles. The van der Waals surface area contributed by atoms with Crippen LogP contribution in [0.3, 0.4) is 0 Å². The van der Waals surface area contributed by atoms with Gasteiger partial charge < -0.3 is 0 Å². The Hall–Kier alpha value is -1.13. The van der Waals surface area contributed by atoms with Crippen LogP contribution in [0.4, 0.5) is 0 Å². The summed E-state index contributed by atoms with van der Waals surface area (Å²) >= 11 is 1.83. The van der Waals surface area contributed by atoms with E-state index in [4.69, 9.17) is 0 Å². The van der Waals surface area contributed by atoms with Crippen molar-refractivity contribution in [2.24, 2.45) is 0 Å². The molecule has 3 nitrogen and oxygen atoms in total. The molecule has 0 amide bonds. The van der Waals surface area contributed by atoms with E-state index in [9.17, 15) is 0 Å². The van der Waals surface area contributed by atoms with Gasteiger partial charge in [0.15, 0.2) is 0 Å². The van der Waals surface area contributed by atoms with Crippen molar-refractivity contribution in [2.75, 3.05) is 6.54 Å². The maximum Gasteiger partial charge on any atom is 0.0722 e. The van der Waals surface area contributed by atoms with Crippen molar-refractivity contribution in [1.29, 1.82) is 0 Å². The molecule has 3 heterocycles. The summed E-state index contributed by atoms with van der Waals surface area (Å²) in [6.07, 6.45) is 6.34. The highest BCUT2D eigenvalue weighted by Gasteiger charge is 2.30. The summed E-state index contributed by atoms with van der Waals surface area (Å²) in [5.41, 5.74) is 4.12. The highest BCUT2D eigenvalue weighted by molar-refractivity contribution is 7.09. The summed E-state index contributed by atoms with van der Waals surface area (Å²) in [6, 6.07) is 5.18. The van der Waals surface area contributed by atoms with E-state index in [2.05, 4.69) is 32.6 Å². The van der Waals surface area contributed by atoms with Crippen LogP contribution in [0.2, 0.25) is 0 Å². The van der Waals surface area contributed by atoms with Crippen molar-refractivity contribution >= 4 is 11.3 Å². The number of aromatic nitrogens is 2. The van der Waals surface area contributed by atoms with Gasteiger partial charge in [-0.25, -0.2) is 0 Å². The largest absolute Gasteiger partial charge is 0.296 e. The van der Waals surface area contributed by atoms with Gasteiger partial charge in [0.1, 0.15) is 0 Å². The van der Waals surface area contributed by atoms with Gasteiger partial charge in [0.25, 0.3) is 0 Å². The Morgan fingerprint density at radius 2 is 2.37 bits per heavy atom. The van der Waals surface area contributed by atoms with Gasteiger partial charge in [-0.3, -0.25) is 10.00 Å². The standard InChI is InChI=1S/C15H19N3S/c1-3-11(4-1)18-7-6-14-13(10-18)15(17-16-14)9-12-5-2-8-19-12/h2,5,8,11H,1,3-4,6-7,9-10H2,(H,16,17). The van der Waals surface area contributed by atoms with E-state index in [1.165, 1.54) is 47.6 Å². The summed E-state index contributed by atoms with van der Waals surface area (Å²) in [7, 11) is 0. The molecule has 2 aliphatic rings. The van der Waals surface area contributed by atoms with Crippen LogP contribution in [0.15, 0.2) is 17.5 Å². The molecule has 4 heteroatoms. The van der Waals surface area contributed by atoms with Crippen molar-refractivity contribution in [3.63, 3.8) is 0 Å². The number of hydrogen-bond donors (Lipinski definition) is 1. The molecule has 0 unspecified atom stereocenters.